The van der Waals surface area contributed by atoms with E-state index >= 15 is 0 Å². The van der Waals surface area contributed by atoms with Crippen molar-refractivity contribution in [1.29, 1.82) is 0 Å². The van der Waals surface area contributed by atoms with Crippen LogP contribution in [0.15, 0.2) is 85.1 Å². The van der Waals surface area contributed by atoms with Gasteiger partial charge in [0, 0.05) is 41.8 Å². The van der Waals surface area contributed by atoms with Gasteiger partial charge in [-0.05, 0) is 34.9 Å². The van der Waals surface area contributed by atoms with Gasteiger partial charge in [-0.25, -0.2) is 0 Å². The summed E-state index contributed by atoms with van der Waals surface area (Å²) in [5.74, 6) is 0. The Morgan fingerprint density at radius 2 is 1.71 bits per heavy atom. The van der Waals surface area contributed by atoms with Crippen LogP contribution in [0.4, 0.5) is 0 Å². The molecule has 4 aromatic rings. The lowest BCUT2D eigenvalue weighted by Gasteiger charge is -2.11. The van der Waals surface area contributed by atoms with Crippen molar-refractivity contribution in [2.75, 3.05) is 6.54 Å². The summed E-state index contributed by atoms with van der Waals surface area (Å²) in [5, 5.41) is 15.7. The number of nitrogens with zero attached hydrogens (tertiary/aromatic N) is 1. The van der Waals surface area contributed by atoms with Crippen molar-refractivity contribution >= 4 is 22.5 Å². The van der Waals surface area contributed by atoms with Crippen LogP contribution in [0.2, 0.25) is 5.02 Å². The Bertz CT molecular complexity index is 1060. The van der Waals surface area contributed by atoms with Crippen LogP contribution in [0, 0.1) is 0 Å². The van der Waals surface area contributed by atoms with E-state index < -0.39 is 6.10 Å². The summed E-state index contributed by atoms with van der Waals surface area (Å²) in [5.41, 5.74) is 4.52. The Morgan fingerprint density at radius 1 is 0.929 bits per heavy atom. The Hall–Kier alpha value is -2.59. The second kappa shape index (κ2) is 8.61. The molecule has 1 aromatic heterocycles. The van der Waals surface area contributed by atoms with Crippen LogP contribution in [-0.4, -0.2) is 16.2 Å². The van der Waals surface area contributed by atoms with Crippen LogP contribution >= 0.6 is 11.6 Å². The van der Waals surface area contributed by atoms with Crippen molar-refractivity contribution in [2.45, 2.75) is 19.2 Å². The number of fused-ring (bicyclic) bond motifs is 1. The summed E-state index contributed by atoms with van der Waals surface area (Å²) < 4.78 is 2.26. The lowest BCUT2D eigenvalue weighted by atomic mass is 10.1. The van der Waals surface area contributed by atoms with Crippen molar-refractivity contribution < 1.29 is 5.11 Å². The number of nitrogens with one attached hydrogen (secondary N) is 1. The smallest absolute Gasteiger partial charge is 0.0914 e. The van der Waals surface area contributed by atoms with Crippen molar-refractivity contribution in [3.05, 3.63) is 107 Å². The Kier molecular flexibility index (Phi) is 5.77. The molecule has 142 valence electrons. The van der Waals surface area contributed by atoms with Gasteiger partial charge in [0.15, 0.2) is 0 Å². The Balaban J connectivity index is 1.50. The van der Waals surface area contributed by atoms with E-state index in [0.29, 0.717) is 13.1 Å². The fraction of sp³-hybridized carbons (Fsp3) is 0.167. The van der Waals surface area contributed by atoms with Gasteiger partial charge in [0.05, 0.1) is 6.10 Å². The van der Waals surface area contributed by atoms with Crippen LogP contribution in [0.25, 0.3) is 10.9 Å². The highest BCUT2D eigenvalue weighted by molar-refractivity contribution is 6.30. The molecule has 3 nitrogen and oxygen atoms in total. The summed E-state index contributed by atoms with van der Waals surface area (Å²) >= 11 is 6.14. The molecule has 0 amide bonds. The normalized spacial score (nSPS) is 12.4. The van der Waals surface area contributed by atoms with Crippen LogP contribution in [0.1, 0.15) is 22.8 Å². The molecule has 4 heteroatoms. The van der Waals surface area contributed by atoms with E-state index in [1.165, 1.54) is 22.0 Å². The lowest BCUT2D eigenvalue weighted by Crippen LogP contribution is -2.20. The van der Waals surface area contributed by atoms with Gasteiger partial charge < -0.3 is 15.0 Å². The maximum Gasteiger partial charge on any atom is 0.0914 e. The number of aromatic nitrogens is 1. The number of hydrogen-bond donors (Lipinski definition) is 2. The van der Waals surface area contributed by atoms with Gasteiger partial charge in [-0.2, -0.15) is 0 Å². The summed E-state index contributed by atoms with van der Waals surface area (Å²) in [7, 11) is 0. The van der Waals surface area contributed by atoms with E-state index in [9.17, 15) is 5.11 Å². The lowest BCUT2D eigenvalue weighted by molar-refractivity contribution is 0.174. The quantitative estimate of drug-likeness (QED) is 0.457. The molecule has 0 aliphatic rings. The molecule has 0 aliphatic carbocycles. The average molecular weight is 391 g/mol. The fourth-order valence-corrected chi connectivity index (χ4v) is 3.78. The summed E-state index contributed by atoms with van der Waals surface area (Å²) in [4.78, 5) is 0. The number of para-hydroxylation sites is 1. The largest absolute Gasteiger partial charge is 0.387 e. The van der Waals surface area contributed by atoms with Crippen molar-refractivity contribution in [1.82, 2.24) is 9.88 Å². The monoisotopic (exact) mass is 390 g/mol. The minimum atomic E-state index is -0.513. The number of hydrogen-bond acceptors (Lipinski definition) is 2. The standard InChI is InChI=1S/C24H23ClN2O/c25-21-10-6-7-18(13-21)16-27-17-20(22-11-4-5-12-23(22)27)14-26-15-24(28)19-8-2-1-3-9-19/h1-13,17,24,26,28H,14-16H2/t24-/m0/s1. The third-order valence-corrected chi connectivity index (χ3v) is 5.19. The topological polar surface area (TPSA) is 37.2 Å². The minimum Gasteiger partial charge on any atom is -0.387 e. The molecule has 0 radical (unpaired) electrons. The van der Waals surface area contributed by atoms with E-state index in [1.807, 2.05) is 48.5 Å². The average Bonchev–Trinajstić information content (AvgIpc) is 3.06. The Morgan fingerprint density at radius 3 is 2.54 bits per heavy atom. The van der Waals surface area contributed by atoms with Gasteiger partial charge in [-0.1, -0.05) is 72.3 Å². The molecule has 0 aliphatic heterocycles. The van der Waals surface area contributed by atoms with Gasteiger partial charge in [0.1, 0.15) is 0 Å². The SMILES string of the molecule is O[C@@H](CNCc1cn(Cc2cccc(Cl)c2)c2ccccc12)c1ccccc1. The number of halogens is 1. The molecule has 28 heavy (non-hydrogen) atoms. The third kappa shape index (κ3) is 4.28. The summed E-state index contributed by atoms with van der Waals surface area (Å²) in [6.45, 7) is 1.98. The number of benzene rings is 3. The van der Waals surface area contributed by atoms with Crippen LogP contribution in [-0.2, 0) is 13.1 Å². The second-order valence-corrected chi connectivity index (χ2v) is 7.42. The first kappa shape index (κ1) is 18.8. The van der Waals surface area contributed by atoms with Gasteiger partial charge in [0.2, 0.25) is 0 Å². The molecular formula is C24H23ClN2O. The van der Waals surface area contributed by atoms with Gasteiger partial charge in [0.25, 0.3) is 0 Å². The first-order chi connectivity index (χ1) is 13.7. The summed E-state index contributed by atoms with van der Waals surface area (Å²) in [6.07, 6.45) is 1.68. The number of aliphatic hydroxyl groups excluding tert-OH is 1. The van der Waals surface area contributed by atoms with Gasteiger partial charge in [-0.3, -0.25) is 0 Å². The molecule has 0 saturated heterocycles. The predicted molar refractivity (Wildman–Crippen MR) is 116 cm³/mol. The molecule has 4 rings (SSSR count). The first-order valence-corrected chi connectivity index (χ1v) is 9.83. The van der Waals surface area contributed by atoms with Gasteiger partial charge in [-0.15, -0.1) is 0 Å². The van der Waals surface area contributed by atoms with Crippen LogP contribution in [0.3, 0.4) is 0 Å². The number of aliphatic hydroxyl groups is 1. The van der Waals surface area contributed by atoms with Crippen molar-refractivity contribution in [2.24, 2.45) is 0 Å². The van der Waals surface area contributed by atoms with Crippen LogP contribution < -0.4 is 5.32 Å². The molecule has 3 aromatic carbocycles. The van der Waals surface area contributed by atoms with E-state index in [4.69, 9.17) is 11.6 Å². The molecule has 2 N–H and O–H groups in total. The number of rotatable bonds is 7. The molecule has 0 spiro atoms. The zero-order valence-corrected chi connectivity index (χ0v) is 16.3. The second-order valence-electron chi connectivity index (χ2n) is 6.99. The molecule has 0 unspecified atom stereocenters. The van der Waals surface area contributed by atoms with Crippen molar-refractivity contribution in [3.8, 4) is 0 Å². The zero-order chi connectivity index (χ0) is 19.3. The molecule has 0 bridgehead atoms. The van der Waals surface area contributed by atoms with E-state index in [-0.39, 0.29) is 0 Å². The first-order valence-electron chi connectivity index (χ1n) is 9.45. The van der Waals surface area contributed by atoms with Crippen LogP contribution in [0.5, 0.6) is 0 Å². The summed E-state index contributed by atoms with van der Waals surface area (Å²) in [6, 6.07) is 26.1. The highest BCUT2D eigenvalue weighted by Crippen LogP contribution is 2.23. The zero-order valence-electron chi connectivity index (χ0n) is 15.6. The molecule has 1 atom stereocenters. The molecule has 1 heterocycles. The maximum absolute atomic E-state index is 10.4. The molecule has 0 saturated carbocycles. The van der Waals surface area contributed by atoms with E-state index in [2.05, 4.69) is 46.4 Å². The van der Waals surface area contributed by atoms with E-state index in [1.54, 1.807) is 0 Å². The van der Waals surface area contributed by atoms with Crippen molar-refractivity contribution in [3.63, 3.8) is 0 Å². The van der Waals surface area contributed by atoms with Gasteiger partial charge >= 0.3 is 0 Å². The highest BCUT2D eigenvalue weighted by atomic mass is 35.5. The molecule has 0 fully saturated rings. The maximum atomic E-state index is 10.4. The fourth-order valence-electron chi connectivity index (χ4n) is 3.56. The highest BCUT2D eigenvalue weighted by Gasteiger charge is 2.10. The van der Waals surface area contributed by atoms with E-state index in [0.717, 1.165) is 17.1 Å². The molecular weight excluding hydrogens is 368 g/mol. The minimum absolute atomic E-state index is 0.512. The third-order valence-electron chi connectivity index (χ3n) is 4.95. The predicted octanol–water partition coefficient (Wildman–Crippen LogP) is 5.17. The Labute approximate surface area is 170 Å².